The number of hydrogen-bond donors (Lipinski definition) is 1. The molecule has 0 aromatic heterocycles. The molecule has 0 bridgehead atoms. The lowest BCUT2D eigenvalue weighted by Crippen LogP contribution is -2.23. The molecule has 2 aromatic rings. The zero-order valence-corrected chi connectivity index (χ0v) is 15.9. The Morgan fingerprint density at radius 3 is 2.50 bits per heavy atom. The summed E-state index contributed by atoms with van der Waals surface area (Å²) in [5.74, 6) is -1.75. The fourth-order valence-corrected chi connectivity index (χ4v) is 3.40. The highest BCUT2D eigenvalue weighted by atomic mass is 16.4. The summed E-state index contributed by atoms with van der Waals surface area (Å²) in [4.78, 5) is 35.4. The topological polar surface area (TPSA) is 122 Å². The van der Waals surface area contributed by atoms with Gasteiger partial charge in [0.1, 0.15) is 11.3 Å². The second-order valence-corrected chi connectivity index (χ2v) is 6.74. The van der Waals surface area contributed by atoms with E-state index in [2.05, 4.69) is 5.32 Å². The quantitative estimate of drug-likeness (QED) is 0.524. The molecule has 2 aliphatic rings. The van der Waals surface area contributed by atoms with Crippen LogP contribution in [0.1, 0.15) is 23.7 Å². The Bertz CT molecular complexity index is 1340. The van der Waals surface area contributed by atoms with E-state index in [1.807, 2.05) is 0 Å². The number of amides is 1. The Morgan fingerprint density at radius 1 is 1.00 bits per heavy atom. The molecule has 0 spiro atoms. The second-order valence-electron chi connectivity index (χ2n) is 6.74. The summed E-state index contributed by atoms with van der Waals surface area (Å²) in [5.41, 5.74) is 1.42. The zero-order chi connectivity index (χ0) is 21.4. The molecule has 7 nitrogen and oxygen atoms in total. The van der Waals surface area contributed by atoms with Crippen LogP contribution in [0.25, 0.3) is 33.4 Å². The summed E-state index contributed by atoms with van der Waals surface area (Å²) in [5, 5.41) is 26.9. The van der Waals surface area contributed by atoms with E-state index in [1.165, 1.54) is 30.3 Å². The molecular weight excluding hydrogens is 386 g/mol. The van der Waals surface area contributed by atoms with E-state index in [9.17, 15) is 24.6 Å². The van der Waals surface area contributed by atoms with Crippen molar-refractivity contribution in [1.82, 2.24) is 0 Å². The minimum atomic E-state index is -1.43. The predicted molar refractivity (Wildman–Crippen MR) is 107 cm³/mol. The van der Waals surface area contributed by atoms with Gasteiger partial charge in [0, 0.05) is 40.3 Å². The number of hydrogen-bond acceptors (Lipinski definition) is 6. The van der Waals surface area contributed by atoms with Crippen molar-refractivity contribution in [3.05, 3.63) is 70.4 Å². The van der Waals surface area contributed by atoms with Crippen LogP contribution in [0, 0.1) is 0 Å². The molecule has 0 saturated heterocycles. The monoisotopic (exact) mass is 401 g/mol. The highest BCUT2D eigenvalue weighted by Gasteiger charge is 2.20. The SMILES string of the molecule is CCC(=O)Nc1ccc(-c2c3ccc(=O)cc-3oc3cc([O-])ccc23)c(C(=O)[O-])c1. The van der Waals surface area contributed by atoms with Gasteiger partial charge in [-0.15, -0.1) is 5.75 Å². The van der Waals surface area contributed by atoms with Crippen LogP contribution in [-0.4, -0.2) is 11.9 Å². The number of aromatic carboxylic acids is 1. The number of carboxylic acid groups (broad SMARTS) is 1. The third-order valence-electron chi connectivity index (χ3n) is 4.78. The summed E-state index contributed by atoms with van der Waals surface area (Å²) >= 11 is 0. The van der Waals surface area contributed by atoms with E-state index in [4.69, 9.17) is 4.42 Å². The standard InChI is InChI=1S/C23H17NO6/c1-2-21(27)24-12-3-6-15(18(9-12)23(28)29)22-16-7-4-13(25)10-19(16)30-20-11-14(26)5-8-17(20)22/h3-11,25H,2H2,1H3,(H,24,27)(H,28,29)/p-2. The van der Waals surface area contributed by atoms with Crippen LogP contribution < -0.4 is 21.0 Å². The lowest BCUT2D eigenvalue weighted by molar-refractivity contribution is -0.268. The maximum Gasteiger partial charge on any atom is 0.224 e. The van der Waals surface area contributed by atoms with Crippen LogP contribution >= 0.6 is 0 Å². The Balaban J connectivity index is 2.06. The van der Waals surface area contributed by atoms with Crippen molar-refractivity contribution in [1.29, 1.82) is 0 Å². The van der Waals surface area contributed by atoms with Crippen LogP contribution in [0.15, 0.2) is 63.8 Å². The fourth-order valence-electron chi connectivity index (χ4n) is 3.40. The van der Waals surface area contributed by atoms with E-state index < -0.39 is 5.97 Å². The number of nitrogens with one attached hydrogen (secondary N) is 1. The average molecular weight is 401 g/mol. The first-order valence-corrected chi connectivity index (χ1v) is 9.20. The van der Waals surface area contributed by atoms with Crippen LogP contribution in [0.5, 0.6) is 5.75 Å². The van der Waals surface area contributed by atoms with Crippen molar-refractivity contribution in [2.45, 2.75) is 13.3 Å². The van der Waals surface area contributed by atoms with Crippen LogP contribution in [-0.2, 0) is 4.79 Å². The summed E-state index contributed by atoms with van der Waals surface area (Å²) in [6.07, 6.45) is 0.243. The Kier molecular flexibility index (Phi) is 4.71. The van der Waals surface area contributed by atoms with Gasteiger partial charge in [0.25, 0.3) is 0 Å². The van der Waals surface area contributed by atoms with Gasteiger partial charge >= 0.3 is 0 Å². The highest BCUT2D eigenvalue weighted by Crippen LogP contribution is 2.42. The van der Waals surface area contributed by atoms with Crippen molar-refractivity contribution >= 4 is 28.5 Å². The third-order valence-corrected chi connectivity index (χ3v) is 4.78. The second kappa shape index (κ2) is 7.36. The molecule has 1 heterocycles. The number of fused-ring (bicyclic) bond motifs is 2. The molecule has 0 atom stereocenters. The molecule has 1 amide bonds. The lowest BCUT2D eigenvalue weighted by atomic mass is 9.90. The number of rotatable bonds is 4. The zero-order valence-electron chi connectivity index (χ0n) is 15.9. The number of carbonyl (C=O) groups excluding carboxylic acids is 2. The van der Waals surface area contributed by atoms with Crippen molar-refractivity contribution in [2.75, 3.05) is 5.32 Å². The van der Waals surface area contributed by atoms with Gasteiger partial charge in [0.05, 0.1) is 5.97 Å². The van der Waals surface area contributed by atoms with Crippen LogP contribution in [0.3, 0.4) is 0 Å². The summed E-state index contributed by atoms with van der Waals surface area (Å²) in [6, 6.07) is 12.8. The highest BCUT2D eigenvalue weighted by molar-refractivity contribution is 6.08. The first kappa shape index (κ1) is 19.2. The van der Waals surface area contributed by atoms with Gasteiger partial charge in [0.15, 0.2) is 5.43 Å². The lowest BCUT2D eigenvalue weighted by Gasteiger charge is -2.20. The molecule has 150 valence electrons. The molecule has 7 heteroatoms. The summed E-state index contributed by atoms with van der Waals surface area (Å²) in [7, 11) is 0. The first-order valence-electron chi connectivity index (χ1n) is 9.20. The normalized spacial score (nSPS) is 11.0. The van der Waals surface area contributed by atoms with Gasteiger partial charge in [-0.1, -0.05) is 25.1 Å². The summed E-state index contributed by atoms with van der Waals surface area (Å²) < 4.78 is 5.74. The molecule has 0 radical (unpaired) electrons. The number of anilines is 1. The molecule has 0 saturated carbocycles. The van der Waals surface area contributed by atoms with Crippen molar-refractivity contribution in [2.24, 2.45) is 0 Å². The average Bonchev–Trinajstić information content (AvgIpc) is 2.71. The van der Waals surface area contributed by atoms with Crippen LogP contribution in [0.2, 0.25) is 0 Å². The van der Waals surface area contributed by atoms with E-state index >= 15 is 0 Å². The van der Waals surface area contributed by atoms with Crippen molar-refractivity contribution in [3.63, 3.8) is 0 Å². The number of benzene rings is 3. The van der Waals surface area contributed by atoms with Gasteiger partial charge in [-0.05, 0) is 35.9 Å². The predicted octanol–water partition coefficient (Wildman–Crippen LogP) is 2.35. The molecule has 30 heavy (non-hydrogen) atoms. The first-order chi connectivity index (χ1) is 14.4. The van der Waals surface area contributed by atoms with Gasteiger partial charge in [-0.25, -0.2) is 0 Å². The fraction of sp³-hybridized carbons (Fsp3) is 0.0870. The van der Waals surface area contributed by atoms with E-state index in [0.717, 1.165) is 0 Å². The maximum absolute atomic E-state index is 11.9. The Morgan fingerprint density at radius 2 is 1.77 bits per heavy atom. The molecule has 0 fully saturated rings. The van der Waals surface area contributed by atoms with Gasteiger partial charge in [-0.2, -0.15) is 0 Å². The molecule has 2 aromatic carbocycles. The Hall–Kier alpha value is -4.13. The smallest absolute Gasteiger partial charge is 0.224 e. The number of carboxylic acids is 1. The van der Waals surface area contributed by atoms with Gasteiger partial charge in [0.2, 0.25) is 5.91 Å². The van der Waals surface area contributed by atoms with E-state index in [0.29, 0.717) is 27.8 Å². The van der Waals surface area contributed by atoms with Crippen molar-refractivity contribution in [3.8, 4) is 28.2 Å². The summed E-state index contributed by atoms with van der Waals surface area (Å²) in [6.45, 7) is 1.68. The Labute approximate surface area is 170 Å². The van der Waals surface area contributed by atoms with E-state index in [-0.39, 0.29) is 40.4 Å². The van der Waals surface area contributed by atoms with Crippen LogP contribution in [0.4, 0.5) is 5.69 Å². The molecule has 4 rings (SSSR count). The minimum absolute atomic E-state index is 0.143. The van der Waals surface area contributed by atoms with Gasteiger partial charge in [-0.3, -0.25) is 9.59 Å². The molecule has 0 unspecified atom stereocenters. The molecule has 1 aliphatic carbocycles. The maximum atomic E-state index is 11.9. The molecular formula is C23H15NO6-2. The number of carbonyl (C=O) groups is 2. The third kappa shape index (κ3) is 3.37. The molecule has 1 aliphatic heterocycles. The van der Waals surface area contributed by atoms with Gasteiger partial charge < -0.3 is 24.7 Å². The minimum Gasteiger partial charge on any atom is -0.872 e. The van der Waals surface area contributed by atoms with E-state index in [1.54, 1.807) is 31.2 Å². The largest absolute Gasteiger partial charge is 0.872 e. The van der Waals surface area contributed by atoms with Crippen molar-refractivity contribution < 1.29 is 24.2 Å². The molecule has 1 N–H and O–H groups in total.